The van der Waals surface area contributed by atoms with Crippen LogP contribution in [0.2, 0.25) is 5.02 Å². The van der Waals surface area contributed by atoms with Gasteiger partial charge in [0.2, 0.25) is 0 Å². The molecule has 3 heteroatoms. The van der Waals surface area contributed by atoms with Crippen LogP contribution in [-0.4, -0.2) is 10.6 Å². The first-order valence-corrected chi connectivity index (χ1v) is 5.08. The summed E-state index contributed by atoms with van der Waals surface area (Å²) in [6.07, 6.45) is 0.0775. The Morgan fingerprint density at radius 1 is 1.36 bits per heavy atom. The van der Waals surface area contributed by atoms with Gasteiger partial charge in [-0.3, -0.25) is 4.84 Å². The Bertz CT molecular complexity index is 345. The summed E-state index contributed by atoms with van der Waals surface area (Å²) in [7, 11) is 0. The average Bonchev–Trinajstić information content (AvgIpc) is 2.81. The van der Waals surface area contributed by atoms with Crippen molar-refractivity contribution in [3.05, 3.63) is 34.9 Å². The van der Waals surface area contributed by atoms with Crippen LogP contribution in [0.25, 0.3) is 0 Å². The predicted molar refractivity (Wildman–Crippen MR) is 56.9 cm³/mol. The molecule has 14 heavy (non-hydrogen) atoms. The second kappa shape index (κ2) is 3.23. The monoisotopic (exact) mass is 211 g/mol. The highest BCUT2D eigenvalue weighted by Gasteiger charge is 2.45. The van der Waals surface area contributed by atoms with Gasteiger partial charge in [-0.2, -0.15) is 0 Å². The van der Waals surface area contributed by atoms with E-state index < -0.39 is 0 Å². The maximum absolute atomic E-state index is 5.90. The van der Waals surface area contributed by atoms with E-state index >= 15 is 0 Å². The first kappa shape index (κ1) is 9.97. The van der Waals surface area contributed by atoms with Crippen LogP contribution >= 0.6 is 11.6 Å². The molecule has 1 aliphatic heterocycles. The number of hydrogen-bond donors (Lipinski definition) is 0. The zero-order chi connectivity index (χ0) is 10.3. The molecule has 0 aromatic heterocycles. The standard InChI is InChI=1S/C11H14ClNO/c1-11(2,3)13-10(14-13)8-5-4-6-9(12)7-8/h4-7,10H,1-3H3/t10-,13?/m0/s1. The Morgan fingerprint density at radius 2 is 2.07 bits per heavy atom. The van der Waals surface area contributed by atoms with Crippen LogP contribution < -0.4 is 0 Å². The van der Waals surface area contributed by atoms with Gasteiger partial charge in [0, 0.05) is 16.1 Å². The lowest BCUT2D eigenvalue weighted by molar-refractivity contribution is 0.101. The van der Waals surface area contributed by atoms with Gasteiger partial charge >= 0.3 is 0 Å². The summed E-state index contributed by atoms with van der Waals surface area (Å²) in [5, 5.41) is 2.73. The van der Waals surface area contributed by atoms with Gasteiger partial charge in [0.15, 0.2) is 6.23 Å². The molecule has 0 amide bonds. The molecule has 1 aromatic rings. The summed E-state index contributed by atoms with van der Waals surface area (Å²) < 4.78 is 0. The van der Waals surface area contributed by atoms with Gasteiger partial charge in [0.25, 0.3) is 0 Å². The van der Waals surface area contributed by atoms with Gasteiger partial charge in [0.05, 0.1) is 0 Å². The maximum atomic E-state index is 5.90. The third-order valence-electron chi connectivity index (χ3n) is 2.18. The van der Waals surface area contributed by atoms with Crippen molar-refractivity contribution in [2.24, 2.45) is 0 Å². The molecule has 1 heterocycles. The maximum Gasteiger partial charge on any atom is 0.180 e. The lowest BCUT2D eigenvalue weighted by Gasteiger charge is -2.16. The quantitative estimate of drug-likeness (QED) is 0.662. The Morgan fingerprint density at radius 3 is 2.57 bits per heavy atom. The van der Waals surface area contributed by atoms with Crippen molar-refractivity contribution in [3.8, 4) is 0 Å². The highest BCUT2D eigenvalue weighted by molar-refractivity contribution is 6.30. The normalized spacial score (nSPS) is 26.3. The number of hydrogen-bond acceptors (Lipinski definition) is 2. The Kier molecular flexibility index (Phi) is 2.30. The predicted octanol–water partition coefficient (Wildman–Crippen LogP) is 3.38. The molecule has 2 rings (SSSR count). The van der Waals surface area contributed by atoms with E-state index in [1.807, 2.05) is 29.3 Å². The van der Waals surface area contributed by atoms with Crippen molar-refractivity contribution in [2.45, 2.75) is 32.5 Å². The molecule has 1 unspecified atom stereocenters. The molecule has 1 aliphatic rings. The zero-order valence-corrected chi connectivity index (χ0v) is 9.38. The molecule has 0 saturated carbocycles. The summed E-state index contributed by atoms with van der Waals surface area (Å²) in [4.78, 5) is 5.50. The second-order valence-corrected chi connectivity index (χ2v) is 4.95. The van der Waals surface area contributed by atoms with E-state index in [0.717, 1.165) is 10.6 Å². The topological polar surface area (TPSA) is 15.5 Å². The highest BCUT2D eigenvalue weighted by atomic mass is 35.5. The fourth-order valence-electron chi connectivity index (χ4n) is 1.45. The summed E-state index contributed by atoms with van der Waals surface area (Å²) in [6.45, 7) is 6.37. The number of nitrogens with zero attached hydrogens (tertiary/aromatic N) is 1. The molecular formula is C11H14ClNO. The summed E-state index contributed by atoms with van der Waals surface area (Å²) in [5.41, 5.74) is 1.17. The van der Waals surface area contributed by atoms with Gasteiger partial charge in [-0.05, 0) is 32.9 Å². The van der Waals surface area contributed by atoms with E-state index in [1.54, 1.807) is 0 Å². The van der Waals surface area contributed by atoms with Crippen LogP contribution in [0, 0.1) is 0 Å². The summed E-state index contributed by atoms with van der Waals surface area (Å²) in [5.74, 6) is 0. The van der Waals surface area contributed by atoms with Crippen LogP contribution in [0.5, 0.6) is 0 Å². The van der Waals surface area contributed by atoms with E-state index in [0.29, 0.717) is 0 Å². The SMILES string of the molecule is CC(C)(C)N1O[C@H]1c1cccc(Cl)c1. The molecule has 1 saturated heterocycles. The van der Waals surface area contributed by atoms with Crippen LogP contribution in [0.3, 0.4) is 0 Å². The minimum absolute atomic E-state index is 0.0486. The molecule has 1 aromatic carbocycles. The highest BCUT2D eigenvalue weighted by Crippen LogP contribution is 2.43. The molecule has 1 fully saturated rings. The zero-order valence-electron chi connectivity index (χ0n) is 8.62. The summed E-state index contributed by atoms with van der Waals surface area (Å²) >= 11 is 5.90. The minimum atomic E-state index is 0.0486. The minimum Gasteiger partial charge on any atom is -0.269 e. The van der Waals surface area contributed by atoms with Crippen molar-refractivity contribution < 1.29 is 4.84 Å². The van der Waals surface area contributed by atoms with Gasteiger partial charge in [0.1, 0.15) is 0 Å². The molecule has 0 spiro atoms. The first-order valence-electron chi connectivity index (χ1n) is 4.70. The van der Waals surface area contributed by atoms with Crippen molar-refractivity contribution in [1.82, 2.24) is 5.06 Å². The lowest BCUT2D eigenvalue weighted by Crippen LogP contribution is -2.25. The van der Waals surface area contributed by atoms with Crippen LogP contribution in [0.1, 0.15) is 32.6 Å². The largest absolute Gasteiger partial charge is 0.269 e. The third-order valence-corrected chi connectivity index (χ3v) is 2.41. The molecule has 0 N–H and O–H groups in total. The Balaban J connectivity index is 2.14. The molecule has 2 nitrogen and oxygen atoms in total. The Labute approximate surface area is 89.4 Å². The van der Waals surface area contributed by atoms with E-state index in [4.69, 9.17) is 16.4 Å². The lowest BCUT2D eigenvalue weighted by atomic mass is 10.1. The van der Waals surface area contributed by atoms with E-state index in [1.165, 1.54) is 0 Å². The van der Waals surface area contributed by atoms with Crippen LogP contribution in [0.15, 0.2) is 24.3 Å². The average molecular weight is 212 g/mol. The third kappa shape index (κ3) is 1.92. The van der Waals surface area contributed by atoms with Gasteiger partial charge in [-0.15, -0.1) is 5.06 Å². The smallest absolute Gasteiger partial charge is 0.180 e. The number of benzene rings is 1. The van der Waals surface area contributed by atoms with Crippen molar-refractivity contribution in [2.75, 3.05) is 0 Å². The van der Waals surface area contributed by atoms with E-state index in [2.05, 4.69) is 20.8 Å². The van der Waals surface area contributed by atoms with Crippen molar-refractivity contribution in [1.29, 1.82) is 0 Å². The molecule has 0 aliphatic carbocycles. The molecular weight excluding hydrogens is 198 g/mol. The Hall–Kier alpha value is -0.570. The second-order valence-electron chi connectivity index (χ2n) is 4.51. The molecule has 2 atom stereocenters. The summed E-state index contributed by atoms with van der Waals surface area (Å²) in [6, 6.07) is 7.79. The van der Waals surface area contributed by atoms with Crippen LogP contribution in [-0.2, 0) is 4.84 Å². The number of halogens is 1. The van der Waals surface area contributed by atoms with E-state index in [-0.39, 0.29) is 11.8 Å². The van der Waals surface area contributed by atoms with Crippen molar-refractivity contribution >= 4 is 11.6 Å². The number of rotatable bonds is 1. The van der Waals surface area contributed by atoms with Gasteiger partial charge in [-0.1, -0.05) is 23.7 Å². The molecule has 76 valence electrons. The van der Waals surface area contributed by atoms with Gasteiger partial charge in [-0.25, -0.2) is 0 Å². The van der Waals surface area contributed by atoms with E-state index in [9.17, 15) is 0 Å². The fourth-order valence-corrected chi connectivity index (χ4v) is 1.65. The fraction of sp³-hybridized carbons (Fsp3) is 0.455. The van der Waals surface area contributed by atoms with Gasteiger partial charge < -0.3 is 0 Å². The van der Waals surface area contributed by atoms with Crippen molar-refractivity contribution in [3.63, 3.8) is 0 Å². The van der Waals surface area contributed by atoms with Crippen LogP contribution in [0.4, 0.5) is 0 Å². The molecule has 0 bridgehead atoms. The first-order chi connectivity index (χ1) is 6.48. The number of hydroxylamine groups is 2. The molecule has 0 radical (unpaired) electrons.